The second kappa shape index (κ2) is 5.11. The zero-order chi connectivity index (χ0) is 13.3. The summed E-state index contributed by atoms with van der Waals surface area (Å²) in [6, 6.07) is 1.43. The fourth-order valence-corrected chi connectivity index (χ4v) is 2.18. The minimum absolute atomic E-state index is 0.0969. The fourth-order valence-electron chi connectivity index (χ4n) is 1.58. The molecule has 7 heteroatoms. The molecule has 0 bridgehead atoms. The summed E-state index contributed by atoms with van der Waals surface area (Å²) in [7, 11) is 0. The van der Waals surface area contributed by atoms with Crippen LogP contribution in [0.15, 0.2) is 10.5 Å². The molecular weight excluding hydrogens is 311 g/mol. The maximum absolute atomic E-state index is 14.1. The van der Waals surface area contributed by atoms with E-state index in [1.807, 2.05) is 0 Å². The first-order valence-corrected chi connectivity index (χ1v) is 5.97. The Morgan fingerprint density at radius 3 is 3.06 bits per heavy atom. The SMILES string of the molecule is CCOC(=O)C(O)c1c(Br)cc2c(c1F)OCO2. The highest BCUT2D eigenvalue weighted by molar-refractivity contribution is 9.10. The first-order valence-electron chi connectivity index (χ1n) is 5.18. The molecule has 0 fully saturated rings. The van der Waals surface area contributed by atoms with Gasteiger partial charge in [0.15, 0.2) is 17.7 Å². The topological polar surface area (TPSA) is 65.0 Å². The number of hydrogen-bond acceptors (Lipinski definition) is 5. The van der Waals surface area contributed by atoms with Crippen LogP contribution in [0.5, 0.6) is 11.5 Å². The number of ether oxygens (including phenoxy) is 3. The van der Waals surface area contributed by atoms with E-state index in [0.717, 1.165) is 0 Å². The predicted molar refractivity (Wildman–Crippen MR) is 61.8 cm³/mol. The van der Waals surface area contributed by atoms with Crippen molar-refractivity contribution in [1.82, 2.24) is 0 Å². The van der Waals surface area contributed by atoms with E-state index in [4.69, 9.17) is 9.47 Å². The van der Waals surface area contributed by atoms with Crippen molar-refractivity contribution in [1.29, 1.82) is 0 Å². The molecule has 0 spiro atoms. The van der Waals surface area contributed by atoms with Gasteiger partial charge in [0, 0.05) is 10.0 Å². The van der Waals surface area contributed by atoms with E-state index < -0.39 is 17.9 Å². The zero-order valence-electron chi connectivity index (χ0n) is 9.41. The third-order valence-electron chi connectivity index (χ3n) is 2.38. The first-order chi connectivity index (χ1) is 8.56. The molecular formula is C11H10BrFO5. The summed E-state index contributed by atoms with van der Waals surface area (Å²) in [6.45, 7) is 1.59. The molecule has 2 rings (SSSR count). The summed E-state index contributed by atoms with van der Waals surface area (Å²) in [5, 5.41) is 9.77. The van der Waals surface area contributed by atoms with E-state index in [2.05, 4.69) is 20.7 Å². The molecule has 0 radical (unpaired) electrons. The van der Waals surface area contributed by atoms with Crippen molar-refractivity contribution in [2.24, 2.45) is 0 Å². The lowest BCUT2D eigenvalue weighted by atomic mass is 10.1. The third-order valence-corrected chi connectivity index (χ3v) is 3.03. The molecule has 1 unspecified atom stereocenters. The number of carbonyl (C=O) groups excluding carboxylic acids is 1. The van der Waals surface area contributed by atoms with Crippen molar-refractivity contribution in [3.63, 3.8) is 0 Å². The molecule has 0 amide bonds. The van der Waals surface area contributed by atoms with Gasteiger partial charge in [0.1, 0.15) is 0 Å². The summed E-state index contributed by atoms with van der Waals surface area (Å²) in [6.07, 6.45) is -1.71. The number of halogens is 2. The van der Waals surface area contributed by atoms with Gasteiger partial charge >= 0.3 is 5.97 Å². The lowest BCUT2D eigenvalue weighted by Gasteiger charge is -2.13. The molecule has 1 heterocycles. The van der Waals surface area contributed by atoms with E-state index >= 15 is 0 Å². The molecule has 1 N–H and O–H groups in total. The Bertz CT molecular complexity index is 491. The second-order valence-corrected chi connectivity index (χ2v) is 4.33. The Kier molecular flexibility index (Phi) is 3.72. The van der Waals surface area contributed by atoms with Crippen molar-refractivity contribution in [2.45, 2.75) is 13.0 Å². The van der Waals surface area contributed by atoms with Gasteiger partial charge in [-0.25, -0.2) is 9.18 Å². The maximum Gasteiger partial charge on any atom is 0.339 e. The number of fused-ring (bicyclic) bond motifs is 1. The molecule has 1 aliphatic rings. The Hall–Kier alpha value is -1.34. The van der Waals surface area contributed by atoms with Crippen molar-refractivity contribution < 1.29 is 28.5 Å². The lowest BCUT2D eigenvalue weighted by Crippen LogP contribution is -2.17. The van der Waals surface area contributed by atoms with Gasteiger partial charge in [-0.3, -0.25) is 0 Å². The molecule has 0 aliphatic carbocycles. The molecule has 5 nitrogen and oxygen atoms in total. The van der Waals surface area contributed by atoms with Crippen molar-refractivity contribution in [3.8, 4) is 11.5 Å². The molecule has 1 aliphatic heterocycles. The van der Waals surface area contributed by atoms with Crippen LogP contribution in [0.2, 0.25) is 0 Å². The Morgan fingerprint density at radius 2 is 2.39 bits per heavy atom. The van der Waals surface area contributed by atoms with Crippen molar-refractivity contribution in [3.05, 3.63) is 21.9 Å². The number of rotatable bonds is 3. The number of benzene rings is 1. The minimum atomic E-state index is -1.71. The van der Waals surface area contributed by atoms with Gasteiger partial charge in [0.2, 0.25) is 12.5 Å². The van der Waals surface area contributed by atoms with E-state index in [1.54, 1.807) is 6.92 Å². The molecule has 98 valence electrons. The number of aliphatic hydroxyl groups excluding tert-OH is 1. The summed E-state index contributed by atoms with van der Waals surface area (Å²) >= 11 is 3.08. The summed E-state index contributed by atoms with van der Waals surface area (Å²) in [5.41, 5.74) is -0.224. The van der Waals surface area contributed by atoms with Crippen LogP contribution >= 0.6 is 15.9 Å². The lowest BCUT2D eigenvalue weighted by molar-refractivity contribution is -0.153. The van der Waals surface area contributed by atoms with Crippen LogP contribution in [-0.2, 0) is 9.53 Å². The average molecular weight is 321 g/mol. The molecule has 1 aromatic rings. The van der Waals surface area contributed by atoms with Gasteiger partial charge < -0.3 is 19.3 Å². The Balaban J connectivity index is 2.42. The van der Waals surface area contributed by atoms with Crippen LogP contribution < -0.4 is 9.47 Å². The zero-order valence-corrected chi connectivity index (χ0v) is 11.0. The molecule has 1 aromatic carbocycles. The highest BCUT2D eigenvalue weighted by Crippen LogP contribution is 2.42. The monoisotopic (exact) mass is 320 g/mol. The van der Waals surface area contributed by atoms with Crippen LogP contribution in [-0.4, -0.2) is 24.5 Å². The molecule has 0 saturated carbocycles. The minimum Gasteiger partial charge on any atom is -0.464 e. The number of esters is 1. The van der Waals surface area contributed by atoms with Crippen LogP contribution in [0.25, 0.3) is 0 Å². The fraction of sp³-hybridized carbons (Fsp3) is 0.364. The Labute approximate surface area is 111 Å². The van der Waals surface area contributed by atoms with Crippen LogP contribution in [0, 0.1) is 5.82 Å². The van der Waals surface area contributed by atoms with Gasteiger partial charge in [0.25, 0.3) is 0 Å². The van der Waals surface area contributed by atoms with E-state index in [0.29, 0.717) is 0 Å². The van der Waals surface area contributed by atoms with Crippen LogP contribution in [0.4, 0.5) is 4.39 Å². The number of carbonyl (C=O) groups is 1. The van der Waals surface area contributed by atoms with E-state index in [1.165, 1.54) is 6.07 Å². The van der Waals surface area contributed by atoms with Crippen molar-refractivity contribution >= 4 is 21.9 Å². The first kappa shape index (κ1) is 13.1. The molecule has 0 aromatic heterocycles. The quantitative estimate of drug-likeness (QED) is 0.862. The van der Waals surface area contributed by atoms with Crippen LogP contribution in [0.1, 0.15) is 18.6 Å². The highest BCUT2D eigenvalue weighted by Gasteiger charge is 2.31. The third kappa shape index (κ3) is 2.15. The summed E-state index contributed by atoms with van der Waals surface area (Å²) < 4.78 is 28.9. The predicted octanol–water partition coefficient (Wildman–Crippen LogP) is 1.91. The molecule has 18 heavy (non-hydrogen) atoms. The number of aliphatic hydroxyl groups is 1. The van der Waals surface area contributed by atoms with E-state index in [9.17, 15) is 14.3 Å². The van der Waals surface area contributed by atoms with Gasteiger partial charge in [-0.05, 0) is 13.0 Å². The summed E-state index contributed by atoms with van der Waals surface area (Å²) in [4.78, 5) is 11.4. The summed E-state index contributed by atoms with van der Waals surface area (Å²) in [5.74, 6) is -1.65. The van der Waals surface area contributed by atoms with Crippen molar-refractivity contribution in [2.75, 3.05) is 13.4 Å². The molecule has 1 atom stereocenters. The number of hydrogen-bond donors (Lipinski definition) is 1. The highest BCUT2D eigenvalue weighted by atomic mass is 79.9. The van der Waals surface area contributed by atoms with Gasteiger partial charge in [-0.2, -0.15) is 0 Å². The molecule has 0 saturated heterocycles. The van der Waals surface area contributed by atoms with Gasteiger partial charge in [-0.15, -0.1) is 0 Å². The average Bonchev–Trinajstić information content (AvgIpc) is 2.77. The Morgan fingerprint density at radius 1 is 1.67 bits per heavy atom. The maximum atomic E-state index is 14.1. The van der Waals surface area contributed by atoms with Gasteiger partial charge in [0.05, 0.1) is 6.61 Å². The standard InChI is InChI=1S/C11H10BrFO5/c1-2-16-11(15)9(14)7-5(12)3-6-10(8(7)13)18-4-17-6/h3,9,14H,2,4H2,1H3. The largest absolute Gasteiger partial charge is 0.464 e. The van der Waals surface area contributed by atoms with E-state index in [-0.39, 0.29) is 34.9 Å². The van der Waals surface area contributed by atoms with Gasteiger partial charge in [-0.1, -0.05) is 15.9 Å². The smallest absolute Gasteiger partial charge is 0.339 e. The van der Waals surface area contributed by atoms with Crippen LogP contribution in [0.3, 0.4) is 0 Å². The normalized spacial score (nSPS) is 14.4. The second-order valence-electron chi connectivity index (χ2n) is 3.47.